The Morgan fingerprint density at radius 3 is 2.45 bits per heavy atom. The molecule has 0 aromatic carbocycles. The molecule has 5 heteroatoms. The second-order valence-corrected chi connectivity index (χ2v) is 5.41. The average molecular weight is 346 g/mol. The molecule has 0 saturated carbocycles. The average Bonchev–Trinajstić information content (AvgIpc) is 2.41. The van der Waals surface area contributed by atoms with Crippen molar-refractivity contribution in [1.82, 2.24) is 4.57 Å². The first-order valence-electron chi connectivity index (χ1n) is 7.00. The van der Waals surface area contributed by atoms with Gasteiger partial charge in [0.05, 0.1) is 6.61 Å². The number of esters is 1. The first-order chi connectivity index (χ1) is 9.45. The van der Waals surface area contributed by atoms with E-state index in [1.165, 1.54) is 10.6 Å². The van der Waals surface area contributed by atoms with Gasteiger partial charge in [0.15, 0.2) is 0 Å². The van der Waals surface area contributed by atoms with Gasteiger partial charge in [-0.05, 0) is 41.3 Å². The highest BCUT2D eigenvalue weighted by atomic mass is 79.9. The van der Waals surface area contributed by atoms with Crippen molar-refractivity contribution in [3.8, 4) is 0 Å². The van der Waals surface area contributed by atoms with Gasteiger partial charge in [-0.25, -0.2) is 4.79 Å². The van der Waals surface area contributed by atoms with Gasteiger partial charge in [-0.15, -0.1) is 0 Å². The molecule has 1 heterocycles. The molecule has 0 fully saturated rings. The van der Waals surface area contributed by atoms with Crippen molar-refractivity contribution >= 4 is 21.9 Å². The zero-order chi connectivity index (χ0) is 15.7. The van der Waals surface area contributed by atoms with Crippen molar-refractivity contribution in [2.75, 3.05) is 6.61 Å². The summed E-state index contributed by atoms with van der Waals surface area (Å²) in [5.74, 6) is -0.0586. The predicted molar refractivity (Wildman–Crippen MR) is 84.9 cm³/mol. The van der Waals surface area contributed by atoms with Gasteiger partial charge < -0.3 is 9.30 Å². The molecule has 0 aliphatic carbocycles. The van der Waals surface area contributed by atoms with E-state index in [1.807, 2.05) is 27.7 Å². The van der Waals surface area contributed by atoms with Gasteiger partial charge in [0, 0.05) is 16.7 Å². The highest BCUT2D eigenvalue weighted by molar-refractivity contribution is 9.10. The summed E-state index contributed by atoms with van der Waals surface area (Å²) >= 11 is 3.31. The number of aromatic nitrogens is 1. The fraction of sp³-hybridized carbons (Fsp3) is 0.600. The van der Waals surface area contributed by atoms with Gasteiger partial charge >= 0.3 is 5.97 Å². The predicted octanol–water partition coefficient (Wildman–Crippen LogP) is 3.79. The van der Waals surface area contributed by atoms with Crippen LogP contribution in [0, 0.1) is 5.92 Å². The number of ether oxygens (including phenoxy) is 1. The quantitative estimate of drug-likeness (QED) is 0.762. The second-order valence-electron chi connectivity index (χ2n) is 4.49. The van der Waals surface area contributed by atoms with Crippen LogP contribution >= 0.6 is 15.9 Å². The van der Waals surface area contributed by atoms with E-state index in [4.69, 9.17) is 4.74 Å². The molecule has 1 aromatic heterocycles. The lowest BCUT2D eigenvalue weighted by molar-refractivity contribution is -0.147. The minimum Gasteiger partial charge on any atom is -0.464 e. The van der Waals surface area contributed by atoms with Crippen molar-refractivity contribution in [3.63, 3.8) is 0 Å². The number of hydrogen-bond donors (Lipinski definition) is 0. The molecule has 0 aliphatic heterocycles. The van der Waals surface area contributed by atoms with E-state index in [-0.39, 0.29) is 11.5 Å². The molecular weight excluding hydrogens is 322 g/mol. The van der Waals surface area contributed by atoms with E-state index in [0.29, 0.717) is 18.9 Å². The Kier molecular flexibility index (Phi) is 9.21. The lowest BCUT2D eigenvalue weighted by Crippen LogP contribution is -2.31. The SMILES string of the molecule is CC.CCOC(=O)C(CC(C)C)n1cc(Br)ccc1=O. The molecule has 0 saturated heterocycles. The van der Waals surface area contributed by atoms with Crippen molar-refractivity contribution < 1.29 is 9.53 Å². The van der Waals surface area contributed by atoms with E-state index < -0.39 is 6.04 Å². The minimum atomic E-state index is -0.560. The van der Waals surface area contributed by atoms with Crippen molar-refractivity contribution in [1.29, 1.82) is 0 Å². The summed E-state index contributed by atoms with van der Waals surface area (Å²) in [7, 11) is 0. The van der Waals surface area contributed by atoms with E-state index in [1.54, 1.807) is 19.2 Å². The van der Waals surface area contributed by atoms with Crippen LogP contribution in [0.25, 0.3) is 0 Å². The van der Waals surface area contributed by atoms with E-state index in [2.05, 4.69) is 15.9 Å². The Labute approximate surface area is 129 Å². The fourth-order valence-corrected chi connectivity index (χ4v) is 2.08. The van der Waals surface area contributed by atoms with Gasteiger partial charge in [0.1, 0.15) is 6.04 Å². The van der Waals surface area contributed by atoms with E-state index >= 15 is 0 Å². The molecule has 114 valence electrons. The van der Waals surface area contributed by atoms with Gasteiger partial charge in [-0.2, -0.15) is 0 Å². The molecule has 1 aromatic rings. The molecule has 0 amide bonds. The van der Waals surface area contributed by atoms with Crippen molar-refractivity contribution in [2.45, 2.75) is 47.1 Å². The zero-order valence-electron chi connectivity index (χ0n) is 12.9. The summed E-state index contributed by atoms with van der Waals surface area (Å²) in [5.41, 5.74) is -0.197. The number of rotatable bonds is 5. The highest BCUT2D eigenvalue weighted by Gasteiger charge is 2.23. The molecule has 1 atom stereocenters. The Bertz CT molecular complexity index is 468. The number of carbonyl (C=O) groups is 1. The smallest absolute Gasteiger partial charge is 0.329 e. The van der Waals surface area contributed by atoms with Crippen LogP contribution in [0.5, 0.6) is 0 Å². The normalized spacial score (nSPS) is 11.6. The molecule has 1 unspecified atom stereocenters. The van der Waals surface area contributed by atoms with E-state index in [0.717, 1.165) is 4.47 Å². The zero-order valence-corrected chi connectivity index (χ0v) is 14.4. The topological polar surface area (TPSA) is 48.3 Å². The maximum absolute atomic E-state index is 11.9. The molecule has 1 rings (SSSR count). The standard InChI is InChI=1S/C13H18BrNO3.C2H6/c1-4-18-13(17)11(7-9(2)3)15-8-10(14)5-6-12(15)16;1-2/h5-6,8-9,11H,4,7H2,1-3H3;1-2H3. The summed E-state index contributed by atoms with van der Waals surface area (Å²) in [6, 6.07) is 2.54. The lowest BCUT2D eigenvalue weighted by Gasteiger charge is -2.20. The largest absolute Gasteiger partial charge is 0.464 e. The monoisotopic (exact) mass is 345 g/mol. The molecule has 0 bridgehead atoms. The Morgan fingerprint density at radius 1 is 1.35 bits per heavy atom. The second kappa shape index (κ2) is 9.75. The third kappa shape index (κ3) is 5.90. The summed E-state index contributed by atoms with van der Waals surface area (Å²) in [6.45, 7) is 10.1. The Balaban J connectivity index is 0.00000172. The number of pyridine rings is 1. The van der Waals surface area contributed by atoms with Gasteiger partial charge in [-0.3, -0.25) is 4.79 Å². The van der Waals surface area contributed by atoms with Gasteiger partial charge in [-0.1, -0.05) is 27.7 Å². The number of nitrogens with zero attached hydrogens (tertiary/aromatic N) is 1. The van der Waals surface area contributed by atoms with Crippen LogP contribution in [0.3, 0.4) is 0 Å². The van der Waals surface area contributed by atoms with Crippen molar-refractivity contribution in [3.05, 3.63) is 33.2 Å². The van der Waals surface area contributed by atoms with Crippen LogP contribution < -0.4 is 5.56 Å². The first-order valence-corrected chi connectivity index (χ1v) is 7.79. The fourth-order valence-electron chi connectivity index (χ4n) is 1.73. The Morgan fingerprint density at radius 2 is 1.95 bits per heavy atom. The summed E-state index contributed by atoms with van der Waals surface area (Å²) in [6.07, 6.45) is 2.21. The number of carbonyl (C=O) groups excluding carboxylic acids is 1. The van der Waals surface area contributed by atoms with Crippen LogP contribution in [-0.4, -0.2) is 17.1 Å². The van der Waals surface area contributed by atoms with Crippen LogP contribution in [0.1, 0.15) is 47.1 Å². The van der Waals surface area contributed by atoms with Crippen LogP contribution in [0.15, 0.2) is 27.6 Å². The first kappa shape index (κ1) is 18.9. The number of hydrogen-bond acceptors (Lipinski definition) is 3. The molecule has 4 nitrogen and oxygen atoms in total. The number of halogens is 1. The van der Waals surface area contributed by atoms with Crippen LogP contribution in [-0.2, 0) is 9.53 Å². The summed E-state index contributed by atoms with van der Waals surface area (Å²) < 4.78 is 7.24. The molecule has 0 radical (unpaired) electrons. The van der Waals surface area contributed by atoms with Gasteiger partial charge in [0.25, 0.3) is 5.56 Å². The highest BCUT2D eigenvalue weighted by Crippen LogP contribution is 2.19. The summed E-state index contributed by atoms with van der Waals surface area (Å²) in [4.78, 5) is 23.8. The molecule has 0 N–H and O–H groups in total. The molecule has 0 spiro atoms. The maximum Gasteiger partial charge on any atom is 0.329 e. The maximum atomic E-state index is 11.9. The van der Waals surface area contributed by atoms with Crippen LogP contribution in [0.2, 0.25) is 0 Å². The molecule has 0 aliphatic rings. The van der Waals surface area contributed by atoms with Crippen molar-refractivity contribution in [2.24, 2.45) is 5.92 Å². The summed E-state index contributed by atoms with van der Waals surface area (Å²) in [5, 5.41) is 0. The lowest BCUT2D eigenvalue weighted by atomic mass is 10.0. The minimum absolute atomic E-state index is 0.197. The molecular formula is C15H24BrNO3. The third-order valence-electron chi connectivity index (χ3n) is 2.49. The van der Waals surface area contributed by atoms with Gasteiger partial charge in [0.2, 0.25) is 0 Å². The van der Waals surface area contributed by atoms with E-state index in [9.17, 15) is 9.59 Å². The van der Waals surface area contributed by atoms with Crippen LogP contribution in [0.4, 0.5) is 0 Å². The third-order valence-corrected chi connectivity index (χ3v) is 2.96. The Hall–Kier alpha value is -1.10. The molecule has 20 heavy (non-hydrogen) atoms.